The van der Waals surface area contributed by atoms with E-state index in [4.69, 9.17) is 20.8 Å². The monoisotopic (exact) mass is 266 g/mol. The fourth-order valence-corrected chi connectivity index (χ4v) is 2.12. The highest BCUT2D eigenvalue weighted by Gasteiger charge is 2.36. The fraction of sp³-hybridized carbons (Fsp3) is 0.545. The van der Waals surface area contributed by atoms with Gasteiger partial charge in [0, 0.05) is 6.42 Å². The number of hydrogen-bond acceptors (Lipinski definition) is 6. The quantitative estimate of drug-likeness (QED) is 0.619. The molecule has 0 aromatic carbocycles. The van der Waals surface area contributed by atoms with E-state index in [1.165, 1.54) is 10.9 Å². The number of carbonyl (C=O) groups is 1. The Morgan fingerprint density at radius 2 is 2.47 bits per heavy atom. The number of aliphatic hydroxyl groups is 2. The second-order valence-corrected chi connectivity index (χ2v) is 4.26. The number of nitriles is 1. The molecule has 8 heteroatoms. The molecule has 8 nitrogen and oxygen atoms in total. The molecule has 0 spiro atoms. The number of aromatic nitrogens is 2. The molecule has 2 rings (SSSR count). The van der Waals surface area contributed by atoms with E-state index >= 15 is 0 Å². The molecule has 4 N–H and O–H groups in total. The lowest BCUT2D eigenvalue weighted by Gasteiger charge is -2.14. The number of carbonyl (C=O) groups excluding carboxylic acids is 1. The molecule has 1 aliphatic rings. The van der Waals surface area contributed by atoms with Crippen LogP contribution in [0.15, 0.2) is 6.20 Å². The van der Waals surface area contributed by atoms with Gasteiger partial charge in [-0.1, -0.05) is 0 Å². The van der Waals surface area contributed by atoms with Crippen molar-refractivity contribution in [3.05, 3.63) is 17.5 Å². The van der Waals surface area contributed by atoms with Crippen LogP contribution in [0.5, 0.6) is 0 Å². The van der Waals surface area contributed by atoms with E-state index in [9.17, 15) is 9.90 Å². The van der Waals surface area contributed by atoms with Crippen LogP contribution < -0.4 is 5.73 Å². The molecule has 3 atom stereocenters. The van der Waals surface area contributed by atoms with Crippen LogP contribution in [0.25, 0.3) is 0 Å². The van der Waals surface area contributed by atoms with Gasteiger partial charge in [-0.2, -0.15) is 10.4 Å². The highest BCUT2D eigenvalue weighted by molar-refractivity contribution is 5.93. The molecule has 0 unspecified atom stereocenters. The zero-order chi connectivity index (χ0) is 14.0. The highest BCUT2D eigenvalue weighted by Crippen LogP contribution is 2.29. The summed E-state index contributed by atoms with van der Waals surface area (Å²) in [4.78, 5) is 11.2. The molecule has 1 saturated heterocycles. The van der Waals surface area contributed by atoms with Gasteiger partial charge in [-0.15, -0.1) is 0 Å². The summed E-state index contributed by atoms with van der Waals surface area (Å²) in [6.07, 6.45) is -0.672. The van der Waals surface area contributed by atoms with E-state index in [0.717, 1.165) is 0 Å². The Kier molecular flexibility index (Phi) is 3.80. The normalized spacial score (nSPS) is 26.3. The van der Waals surface area contributed by atoms with E-state index in [0.29, 0.717) is 5.69 Å². The predicted molar refractivity (Wildman–Crippen MR) is 61.7 cm³/mol. The van der Waals surface area contributed by atoms with Crippen LogP contribution in [-0.2, 0) is 11.2 Å². The van der Waals surface area contributed by atoms with Gasteiger partial charge >= 0.3 is 0 Å². The second-order valence-electron chi connectivity index (χ2n) is 4.26. The maximum Gasteiger partial charge on any atom is 0.252 e. The minimum absolute atomic E-state index is 0.0436. The number of nitrogens with two attached hydrogens (primary N) is 1. The Morgan fingerprint density at radius 3 is 3.00 bits per heavy atom. The van der Waals surface area contributed by atoms with Gasteiger partial charge in [0.25, 0.3) is 5.91 Å². The van der Waals surface area contributed by atoms with Gasteiger partial charge in [0.15, 0.2) is 6.23 Å². The molecule has 1 aromatic heterocycles. The molecular weight excluding hydrogens is 252 g/mol. The fourth-order valence-electron chi connectivity index (χ4n) is 2.12. The van der Waals surface area contributed by atoms with Gasteiger partial charge in [0.05, 0.1) is 42.7 Å². The van der Waals surface area contributed by atoms with Crippen molar-refractivity contribution in [2.45, 2.75) is 31.3 Å². The van der Waals surface area contributed by atoms with Crippen LogP contribution in [0.4, 0.5) is 0 Å². The Bertz CT molecular complexity index is 521. The minimum atomic E-state index is -0.814. The van der Waals surface area contributed by atoms with Crippen LogP contribution in [0.2, 0.25) is 0 Å². The van der Waals surface area contributed by atoms with Crippen LogP contribution in [-0.4, -0.2) is 44.7 Å². The van der Waals surface area contributed by atoms with Gasteiger partial charge in [-0.3, -0.25) is 4.79 Å². The van der Waals surface area contributed by atoms with Crippen molar-refractivity contribution >= 4 is 5.91 Å². The highest BCUT2D eigenvalue weighted by atomic mass is 16.5. The van der Waals surface area contributed by atoms with Crippen molar-refractivity contribution in [2.24, 2.45) is 5.73 Å². The van der Waals surface area contributed by atoms with Crippen molar-refractivity contribution in [3.8, 4) is 6.07 Å². The van der Waals surface area contributed by atoms with Gasteiger partial charge < -0.3 is 20.7 Å². The second kappa shape index (κ2) is 5.36. The summed E-state index contributed by atoms with van der Waals surface area (Å²) in [5, 5.41) is 31.5. The van der Waals surface area contributed by atoms with E-state index in [1.807, 2.05) is 6.07 Å². The maximum absolute atomic E-state index is 11.2. The number of ether oxygens (including phenoxy) is 1. The van der Waals surface area contributed by atoms with Crippen molar-refractivity contribution < 1.29 is 19.7 Å². The number of aliphatic hydroxyl groups excluding tert-OH is 2. The Hall–Kier alpha value is -1.95. The Balaban J connectivity index is 2.31. The van der Waals surface area contributed by atoms with Gasteiger partial charge in [0.2, 0.25) is 0 Å². The van der Waals surface area contributed by atoms with Gasteiger partial charge in [0.1, 0.15) is 6.10 Å². The molecule has 0 saturated carbocycles. The lowest BCUT2D eigenvalue weighted by Crippen LogP contribution is -2.24. The average Bonchev–Trinajstić information content (AvgIpc) is 2.93. The van der Waals surface area contributed by atoms with Crippen molar-refractivity contribution in [2.75, 3.05) is 6.61 Å². The summed E-state index contributed by atoms with van der Waals surface area (Å²) < 4.78 is 6.79. The first-order valence-corrected chi connectivity index (χ1v) is 5.76. The molecule has 102 valence electrons. The molecule has 1 aliphatic heterocycles. The largest absolute Gasteiger partial charge is 0.394 e. The molecule has 1 aromatic rings. The van der Waals surface area contributed by atoms with E-state index in [-0.39, 0.29) is 25.0 Å². The number of primary amides is 1. The van der Waals surface area contributed by atoms with Gasteiger partial charge in [-0.25, -0.2) is 4.68 Å². The zero-order valence-electron chi connectivity index (χ0n) is 10.1. The average molecular weight is 266 g/mol. The van der Waals surface area contributed by atoms with Crippen molar-refractivity contribution in [1.82, 2.24) is 9.78 Å². The topological polar surface area (TPSA) is 134 Å². The number of nitrogens with zero attached hydrogens (tertiary/aromatic N) is 3. The summed E-state index contributed by atoms with van der Waals surface area (Å²) in [5.74, 6) is -0.672. The first-order valence-electron chi connectivity index (χ1n) is 5.76. The molecule has 1 amide bonds. The van der Waals surface area contributed by atoms with E-state index < -0.39 is 24.3 Å². The summed E-state index contributed by atoms with van der Waals surface area (Å²) in [7, 11) is 0. The zero-order valence-corrected chi connectivity index (χ0v) is 10.1. The lowest BCUT2D eigenvalue weighted by molar-refractivity contribution is -0.0492. The van der Waals surface area contributed by atoms with Crippen LogP contribution in [0, 0.1) is 11.3 Å². The van der Waals surface area contributed by atoms with Crippen LogP contribution in [0.1, 0.15) is 28.7 Å². The minimum Gasteiger partial charge on any atom is -0.394 e. The molecule has 2 heterocycles. The Morgan fingerprint density at radius 1 is 1.74 bits per heavy atom. The third-order valence-corrected chi connectivity index (χ3v) is 3.07. The van der Waals surface area contributed by atoms with Crippen LogP contribution >= 0.6 is 0 Å². The number of hydrogen-bond donors (Lipinski definition) is 3. The first-order chi connectivity index (χ1) is 9.08. The summed E-state index contributed by atoms with van der Waals surface area (Å²) >= 11 is 0. The third-order valence-electron chi connectivity index (χ3n) is 3.07. The number of rotatable bonds is 4. The molecule has 0 bridgehead atoms. The smallest absolute Gasteiger partial charge is 0.252 e. The molecule has 1 fully saturated rings. The first kappa shape index (κ1) is 13.5. The molecular formula is C11H14N4O4. The summed E-state index contributed by atoms with van der Waals surface area (Å²) in [6.45, 7) is -0.310. The van der Waals surface area contributed by atoms with E-state index in [1.54, 1.807) is 0 Å². The third kappa shape index (κ3) is 2.44. The lowest BCUT2D eigenvalue weighted by atomic mass is 10.1. The maximum atomic E-state index is 11.2. The summed E-state index contributed by atoms with van der Waals surface area (Å²) in [5.41, 5.74) is 5.72. The van der Waals surface area contributed by atoms with Crippen molar-refractivity contribution in [3.63, 3.8) is 0 Å². The number of amides is 1. The van der Waals surface area contributed by atoms with Gasteiger partial charge in [-0.05, 0) is 0 Å². The summed E-state index contributed by atoms with van der Waals surface area (Å²) in [6, 6.07) is 1.93. The molecule has 19 heavy (non-hydrogen) atoms. The Labute approximate surface area is 109 Å². The van der Waals surface area contributed by atoms with E-state index in [2.05, 4.69) is 5.10 Å². The standard InChI is InChI=1S/C11H14N4O4/c12-2-1-7-6(11(13)18)4-14-15(7)10-3-8(17)9(5-16)19-10/h4,8-10,16-17H,1,3,5H2,(H2,13,18)/t8-,9+,10+/m0/s1. The SMILES string of the molecule is N#CCc1c(C(N)=O)cnn1[C@H]1C[C@H](O)[C@@H](CO)O1. The van der Waals surface area contributed by atoms with Crippen molar-refractivity contribution in [1.29, 1.82) is 5.26 Å². The predicted octanol–water partition coefficient (Wildman–Crippen LogP) is -1.31. The van der Waals surface area contributed by atoms with Crippen LogP contribution in [0.3, 0.4) is 0 Å². The molecule has 0 radical (unpaired) electrons. The molecule has 0 aliphatic carbocycles.